The highest BCUT2D eigenvalue weighted by atomic mass is 16.3. The van der Waals surface area contributed by atoms with Gasteiger partial charge in [-0.1, -0.05) is 182 Å². The van der Waals surface area contributed by atoms with Crippen LogP contribution in [0.2, 0.25) is 0 Å². The van der Waals surface area contributed by atoms with Crippen molar-refractivity contribution < 1.29 is 4.42 Å². The maximum Gasteiger partial charge on any atom is 0.135 e. The first-order valence-electron chi connectivity index (χ1n) is 21.1. The van der Waals surface area contributed by atoms with Crippen molar-refractivity contribution in [2.75, 3.05) is 4.90 Å². The van der Waals surface area contributed by atoms with E-state index in [0.29, 0.717) is 0 Å². The van der Waals surface area contributed by atoms with Crippen LogP contribution in [0.3, 0.4) is 0 Å². The Balaban J connectivity index is 1.08. The van der Waals surface area contributed by atoms with Gasteiger partial charge in [-0.05, 0) is 114 Å². The molecule has 11 aromatic rings. The summed E-state index contributed by atoms with van der Waals surface area (Å²) in [6.07, 6.45) is 0. The quantitative estimate of drug-likeness (QED) is 0.173. The van der Waals surface area contributed by atoms with Crippen LogP contribution < -0.4 is 4.90 Å². The van der Waals surface area contributed by atoms with Crippen LogP contribution in [-0.4, -0.2) is 0 Å². The third kappa shape index (κ3) is 4.73. The van der Waals surface area contributed by atoms with Crippen LogP contribution in [0.4, 0.5) is 17.1 Å². The van der Waals surface area contributed by atoms with Crippen molar-refractivity contribution in [1.82, 2.24) is 0 Å². The molecule has 284 valence electrons. The first-order chi connectivity index (χ1) is 30.3. The van der Waals surface area contributed by atoms with E-state index in [0.717, 1.165) is 44.6 Å². The third-order valence-electron chi connectivity index (χ3n) is 13.3. The van der Waals surface area contributed by atoms with Crippen LogP contribution >= 0.6 is 0 Å². The monoisotopic (exact) mass is 775 g/mol. The summed E-state index contributed by atoms with van der Waals surface area (Å²) in [6.45, 7) is 0. The fourth-order valence-corrected chi connectivity index (χ4v) is 10.9. The van der Waals surface area contributed by atoms with Crippen molar-refractivity contribution >= 4 is 49.8 Å². The first kappa shape index (κ1) is 34.0. The van der Waals surface area contributed by atoms with E-state index >= 15 is 0 Å². The summed E-state index contributed by atoms with van der Waals surface area (Å²) in [5, 5.41) is 4.74. The predicted octanol–water partition coefficient (Wildman–Crippen LogP) is 15.9. The Hall–Kier alpha value is -7.94. The highest BCUT2D eigenvalue weighted by Crippen LogP contribution is 2.65. The molecule has 2 aliphatic rings. The summed E-state index contributed by atoms with van der Waals surface area (Å²) in [4.78, 5) is 2.40. The molecule has 0 radical (unpaired) electrons. The Morgan fingerprint density at radius 2 is 0.869 bits per heavy atom. The maximum atomic E-state index is 6.30. The van der Waals surface area contributed by atoms with Gasteiger partial charge in [0.05, 0.1) is 11.1 Å². The molecule has 13 rings (SSSR count). The van der Waals surface area contributed by atoms with Crippen LogP contribution in [0.5, 0.6) is 0 Å². The average molecular weight is 776 g/mol. The summed E-state index contributed by atoms with van der Waals surface area (Å²) >= 11 is 0. The lowest BCUT2D eigenvalue weighted by atomic mass is 9.70. The minimum Gasteiger partial charge on any atom is -0.456 e. The molecule has 61 heavy (non-hydrogen) atoms. The summed E-state index contributed by atoms with van der Waals surface area (Å²) in [5.74, 6) is 0. The van der Waals surface area contributed by atoms with Gasteiger partial charge in [0.1, 0.15) is 11.2 Å². The number of para-hydroxylation sites is 3. The van der Waals surface area contributed by atoms with E-state index in [2.05, 4.69) is 217 Å². The van der Waals surface area contributed by atoms with Crippen molar-refractivity contribution in [2.45, 2.75) is 5.41 Å². The molecule has 1 aromatic heterocycles. The molecule has 1 heterocycles. The molecular formula is C59H37NO. The number of fused-ring (bicyclic) bond motifs is 15. The molecule has 2 aliphatic carbocycles. The number of hydrogen-bond acceptors (Lipinski definition) is 2. The predicted molar refractivity (Wildman–Crippen MR) is 253 cm³/mol. The average Bonchev–Trinajstić information content (AvgIpc) is 3.96. The Morgan fingerprint density at radius 3 is 1.66 bits per heavy atom. The van der Waals surface area contributed by atoms with Crippen LogP contribution in [-0.2, 0) is 5.41 Å². The lowest BCUT2D eigenvalue weighted by Gasteiger charge is -2.30. The zero-order valence-corrected chi connectivity index (χ0v) is 33.2. The largest absolute Gasteiger partial charge is 0.456 e. The minimum atomic E-state index is -0.454. The fraction of sp³-hybridized carbons (Fsp3) is 0.0169. The second-order valence-electron chi connectivity index (χ2n) is 16.3. The standard InChI is InChI=1S/C59H37NO/c1-2-18-39(19-3-1)60(40-34-36-56-49(37-40)47-26-11-15-32-55(47)61-56)54-31-14-10-25-46(54)42-21-6-7-22-43(42)48-27-16-30-52-58(48)57-41-20-5-4-17-38(41)33-35-53(57)59(52)50-28-12-8-23-44(50)45-24-9-13-29-51(45)59/h1-37H. The Labute approximate surface area is 354 Å². The summed E-state index contributed by atoms with van der Waals surface area (Å²) in [6, 6.07) is 82.3. The maximum absolute atomic E-state index is 6.30. The molecule has 0 unspecified atom stereocenters. The molecule has 2 nitrogen and oxygen atoms in total. The molecule has 0 amide bonds. The van der Waals surface area contributed by atoms with E-state index in [1.54, 1.807) is 0 Å². The van der Waals surface area contributed by atoms with E-state index in [9.17, 15) is 0 Å². The lowest BCUT2D eigenvalue weighted by Crippen LogP contribution is -2.25. The van der Waals surface area contributed by atoms with Gasteiger partial charge in [-0.25, -0.2) is 0 Å². The normalized spacial score (nSPS) is 13.0. The van der Waals surface area contributed by atoms with Crippen molar-refractivity contribution in [3.05, 3.63) is 247 Å². The second kappa shape index (κ2) is 13.0. The molecule has 0 saturated carbocycles. The highest BCUT2D eigenvalue weighted by molar-refractivity contribution is 6.11. The van der Waals surface area contributed by atoms with Crippen molar-refractivity contribution in [3.8, 4) is 44.5 Å². The van der Waals surface area contributed by atoms with Gasteiger partial charge in [-0.15, -0.1) is 0 Å². The van der Waals surface area contributed by atoms with Crippen LogP contribution in [0.1, 0.15) is 22.3 Å². The zero-order chi connectivity index (χ0) is 40.1. The summed E-state index contributed by atoms with van der Waals surface area (Å²) < 4.78 is 6.30. The number of furan rings is 1. The molecule has 0 fully saturated rings. The van der Waals surface area contributed by atoms with E-state index in [1.807, 2.05) is 12.1 Å². The molecule has 0 bridgehead atoms. The lowest BCUT2D eigenvalue weighted by molar-refractivity contribution is 0.669. The Bertz CT molecular complexity index is 3510. The number of nitrogens with zero attached hydrogens (tertiary/aromatic N) is 1. The van der Waals surface area contributed by atoms with E-state index < -0.39 is 5.41 Å². The molecule has 0 atom stereocenters. The first-order valence-corrected chi connectivity index (χ1v) is 21.1. The topological polar surface area (TPSA) is 16.4 Å². The van der Waals surface area contributed by atoms with Gasteiger partial charge in [-0.3, -0.25) is 0 Å². The number of benzene rings is 10. The smallest absolute Gasteiger partial charge is 0.135 e. The molecule has 0 N–H and O–H groups in total. The zero-order valence-electron chi connectivity index (χ0n) is 33.2. The van der Waals surface area contributed by atoms with Crippen LogP contribution in [0, 0.1) is 0 Å². The Morgan fingerprint density at radius 1 is 0.311 bits per heavy atom. The minimum absolute atomic E-state index is 0.454. The van der Waals surface area contributed by atoms with Gasteiger partial charge in [0.2, 0.25) is 0 Å². The molecule has 2 heteroatoms. The third-order valence-corrected chi connectivity index (χ3v) is 13.3. The van der Waals surface area contributed by atoms with E-state index in [-0.39, 0.29) is 0 Å². The summed E-state index contributed by atoms with van der Waals surface area (Å²) in [7, 11) is 0. The molecule has 0 aliphatic heterocycles. The highest BCUT2D eigenvalue weighted by Gasteiger charge is 2.52. The molecule has 0 saturated heterocycles. The number of hydrogen-bond donors (Lipinski definition) is 0. The van der Waals surface area contributed by atoms with Gasteiger partial charge >= 0.3 is 0 Å². The van der Waals surface area contributed by atoms with Gasteiger partial charge in [0.25, 0.3) is 0 Å². The van der Waals surface area contributed by atoms with Crippen LogP contribution in [0.25, 0.3) is 77.2 Å². The van der Waals surface area contributed by atoms with Gasteiger partial charge in [0, 0.05) is 27.7 Å². The van der Waals surface area contributed by atoms with Gasteiger partial charge in [0.15, 0.2) is 0 Å². The van der Waals surface area contributed by atoms with Crippen molar-refractivity contribution in [1.29, 1.82) is 0 Å². The summed E-state index contributed by atoms with van der Waals surface area (Å²) in [5.41, 5.74) is 20.0. The Kier molecular flexibility index (Phi) is 7.26. The SMILES string of the molecule is c1ccc(N(c2ccc3oc4ccccc4c3c2)c2ccccc2-c2ccccc2-c2cccc3c2-c2c(ccc4ccccc24)C32c3ccccc3-c3ccccc32)cc1. The number of rotatable bonds is 5. The van der Waals surface area contributed by atoms with Gasteiger partial charge < -0.3 is 9.32 Å². The molecule has 1 spiro atoms. The number of anilines is 3. The van der Waals surface area contributed by atoms with Crippen LogP contribution in [0.15, 0.2) is 229 Å². The van der Waals surface area contributed by atoms with E-state index in [4.69, 9.17) is 4.42 Å². The van der Waals surface area contributed by atoms with E-state index in [1.165, 1.54) is 72.0 Å². The molecule has 10 aromatic carbocycles. The second-order valence-corrected chi connectivity index (χ2v) is 16.3. The fourth-order valence-electron chi connectivity index (χ4n) is 10.9. The van der Waals surface area contributed by atoms with Crippen molar-refractivity contribution in [2.24, 2.45) is 0 Å². The molecular weight excluding hydrogens is 739 g/mol. The van der Waals surface area contributed by atoms with Gasteiger partial charge in [-0.2, -0.15) is 0 Å². The van der Waals surface area contributed by atoms with Crippen molar-refractivity contribution in [3.63, 3.8) is 0 Å².